The summed E-state index contributed by atoms with van der Waals surface area (Å²) in [6.07, 6.45) is 1.34. The van der Waals surface area contributed by atoms with Gasteiger partial charge in [0.05, 0.1) is 0 Å². The molecule has 2 amide bonds. The smallest absolute Gasteiger partial charge is 1.00 e. The van der Waals surface area contributed by atoms with Gasteiger partial charge >= 0.3 is 51.4 Å². The Morgan fingerprint density at radius 3 is 2.10 bits per heavy atom. The van der Waals surface area contributed by atoms with Crippen LogP contribution >= 0.6 is 0 Å². The summed E-state index contributed by atoms with van der Waals surface area (Å²) in [7, 11) is 1.47. The molecule has 3 nitrogen and oxygen atoms in total. The molecule has 0 atom stereocenters. The summed E-state index contributed by atoms with van der Waals surface area (Å²) < 4.78 is 0. The molecule has 0 radical (unpaired) electrons. The Bertz CT molecular complexity index is 215. The third kappa shape index (κ3) is 1.76. The van der Waals surface area contributed by atoms with Gasteiger partial charge in [0.25, 0.3) is 11.8 Å². The zero-order valence-electron chi connectivity index (χ0n) is 7.34. The van der Waals surface area contributed by atoms with Crippen molar-refractivity contribution in [3.05, 3.63) is 11.6 Å². The van der Waals surface area contributed by atoms with Crippen LogP contribution in [0, 0.1) is 0 Å². The Labute approximate surface area is 103 Å². The van der Waals surface area contributed by atoms with E-state index in [1.54, 1.807) is 6.92 Å². The van der Waals surface area contributed by atoms with Crippen LogP contribution in [0.5, 0.6) is 0 Å². The normalized spacial score (nSPS) is 17.0. The van der Waals surface area contributed by atoms with Crippen molar-refractivity contribution < 1.29 is 62.4 Å². The molecular weight excluding hydrogens is 157 g/mol. The molecule has 0 saturated heterocycles. The van der Waals surface area contributed by atoms with E-state index in [2.05, 4.69) is 0 Å². The molecular formula is C6H8KNO2. The molecule has 0 saturated carbocycles. The number of imide groups is 1. The molecule has 0 N–H and O–H groups in total. The monoisotopic (exact) mass is 165 g/mol. The van der Waals surface area contributed by atoms with Gasteiger partial charge in [0, 0.05) is 18.7 Å². The molecule has 0 aromatic rings. The molecule has 0 spiro atoms. The Morgan fingerprint density at radius 1 is 1.50 bits per heavy atom. The second-order valence-electron chi connectivity index (χ2n) is 2.03. The first-order chi connectivity index (χ1) is 4.13. The van der Waals surface area contributed by atoms with E-state index >= 15 is 0 Å². The zero-order valence-corrected chi connectivity index (χ0v) is 9.46. The van der Waals surface area contributed by atoms with Crippen molar-refractivity contribution in [1.82, 2.24) is 4.90 Å². The maximum atomic E-state index is 10.8. The van der Waals surface area contributed by atoms with Crippen LogP contribution in [0.4, 0.5) is 0 Å². The Morgan fingerprint density at radius 2 is 2.00 bits per heavy atom. The summed E-state index contributed by atoms with van der Waals surface area (Å²) in [4.78, 5) is 22.5. The first-order valence-electron chi connectivity index (χ1n) is 2.63. The van der Waals surface area contributed by atoms with E-state index in [-0.39, 0.29) is 64.6 Å². The maximum Gasteiger partial charge on any atom is 1.00 e. The van der Waals surface area contributed by atoms with Gasteiger partial charge in [-0.2, -0.15) is 0 Å². The minimum atomic E-state index is -0.225. The van der Waals surface area contributed by atoms with Crippen LogP contribution in [-0.4, -0.2) is 23.8 Å². The minimum Gasteiger partial charge on any atom is -1.00 e. The van der Waals surface area contributed by atoms with Gasteiger partial charge in [-0.05, 0) is 6.92 Å². The van der Waals surface area contributed by atoms with Gasteiger partial charge < -0.3 is 1.43 Å². The van der Waals surface area contributed by atoms with E-state index in [1.165, 1.54) is 13.1 Å². The standard InChI is InChI=1S/C6H7NO2.K.H/c1-4-3-5(8)7(2)6(4)9;;/h3H,1-2H3;;/q;+1;-1. The molecule has 1 aliphatic rings. The molecule has 10 heavy (non-hydrogen) atoms. The third-order valence-corrected chi connectivity index (χ3v) is 1.31. The average Bonchev–Trinajstić information content (AvgIpc) is 1.98. The molecule has 0 aromatic carbocycles. The Balaban J connectivity index is 0. The number of hydrogen-bond donors (Lipinski definition) is 0. The summed E-state index contributed by atoms with van der Waals surface area (Å²) in [5, 5.41) is 0. The fourth-order valence-electron chi connectivity index (χ4n) is 0.708. The Hall–Kier alpha value is 0.516. The summed E-state index contributed by atoms with van der Waals surface area (Å²) >= 11 is 0. The predicted molar refractivity (Wildman–Crippen MR) is 32.6 cm³/mol. The van der Waals surface area contributed by atoms with E-state index in [0.29, 0.717) is 5.57 Å². The quantitative estimate of drug-likeness (QED) is 0.284. The molecule has 1 heterocycles. The fraction of sp³-hybridized carbons (Fsp3) is 0.333. The summed E-state index contributed by atoms with van der Waals surface area (Å²) in [5.41, 5.74) is 0.516. The van der Waals surface area contributed by atoms with Gasteiger partial charge in [0.15, 0.2) is 0 Å². The van der Waals surface area contributed by atoms with Crippen LogP contribution in [0.15, 0.2) is 11.6 Å². The van der Waals surface area contributed by atoms with Gasteiger partial charge in [-0.25, -0.2) is 0 Å². The summed E-state index contributed by atoms with van der Waals surface area (Å²) in [6, 6.07) is 0. The predicted octanol–water partition coefficient (Wildman–Crippen LogP) is -2.95. The first kappa shape index (κ1) is 10.5. The van der Waals surface area contributed by atoms with Crippen molar-refractivity contribution in [2.24, 2.45) is 0 Å². The number of rotatable bonds is 0. The molecule has 0 fully saturated rings. The van der Waals surface area contributed by atoms with Crippen molar-refractivity contribution in [2.45, 2.75) is 6.92 Å². The van der Waals surface area contributed by atoms with Gasteiger partial charge in [0.2, 0.25) is 0 Å². The van der Waals surface area contributed by atoms with E-state index in [9.17, 15) is 9.59 Å². The van der Waals surface area contributed by atoms with Crippen LogP contribution < -0.4 is 51.4 Å². The van der Waals surface area contributed by atoms with Crippen LogP contribution in [0.25, 0.3) is 0 Å². The number of likely N-dealkylation sites (N-methyl/N-ethyl adjacent to an activating group) is 1. The number of nitrogens with zero attached hydrogens (tertiary/aromatic N) is 1. The van der Waals surface area contributed by atoms with E-state index in [4.69, 9.17) is 0 Å². The van der Waals surface area contributed by atoms with Crippen molar-refractivity contribution in [1.29, 1.82) is 0 Å². The average molecular weight is 165 g/mol. The molecule has 0 unspecified atom stereocenters. The molecule has 0 bridgehead atoms. The van der Waals surface area contributed by atoms with Crippen LogP contribution in [0.3, 0.4) is 0 Å². The molecule has 0 aromatic heterocycles. The fourth-order valence-corrected chi connectivity index (χ4v) is 0.708. The van der Waals surface area contributed by atoms with Gasteiger partial charge in [0.1, 0.15) is 0 Å². The topological polar surface area (TPSA) is 37.4 Å². The van der Waals surface area contributed by atoms with E-state index < -0.39 is 0 Å². The molecule has 1 rings (SSSR count). The SMILES string of the molecule is CC1=CC(=O)N(C)C1=O.[H-].[K+]. The van der Waals surface area contributed by atoms with Crippen molar-refractivity contribution in [3.8, 4) is 0 Å². The zero-order chi connectivity index (χ0) is 7.02. The van der Waals surface area contributed by atoms with E-state index in [0.717, 1.165) is 4.90 Å². The Kier molecular flexibility index (Phi) is 3.97. The van der Waals surface area contributed by atoms with Crippen molar-refractivity contribution in [3.63, 3.8) is 0 Å². The molecule has 1 aliphatic heterocycles. The number of amides is 2. The second kappa shape index (κ2) is 3.78. The largest absolute Gasteiger partial charge is 1.00 e. The summed E-state index contributed by atoms with van der Waals surface area (Å²) in [5.74, 6) is -0.419. The second-order valence-corrected chi connectivity index (χ2v) is 2.03. The first-order valence-corrected chi connectivity index (χ1v) is 2.63. The number of carbonyl (C=O) groups excluding carboxylic acids is 2. The third-order valence-electron chi connectivity index (χ3n) is 1.31. The molecule has 50 valence electrons. The van der Waals surface area contributed by atoms with Crippen LogP contribution in [0.1, 0.15) is 8.35 Å². The van der Waals surface area contributed by atoms with Crippen molar-refractivity contribution in [2.75, 3.05) is 7.05 Å². The van der Waals surface area contributed by atoms with Gasteiger partial charge in [-0.3, -0.25) is 14.5 Å². The van der Waals surface area contributed by atoms with E-state index in [1.807, 2.05) is 0 Å². The number of carbonyl (C=O) groups is 2. The molecule has 0 aliphatic carbocycles. The van der Waals surface area contributed by atoms with Gasteiger partial charge in [-0.15, -0.1) is 0 Å². The van der Waals surface area contributed by atoms with Crippen molar-refractivity contribution >= 4 is 11.8 Å². The number of hydrogen-bond acceptors (Lipinski definition) is 2. The van der Waals surface area contributed by atoms with Crippen LogP contribution in [0.2, 0.25) is 0 Å². The maximum absolute atomic E-state index is 10.8. The summed E-state index contributed by atoms with van der Waals surface area (Å²) in [6.45, 7) is 1.63. The van der Waals surface area contributed by atoms with Crippen LogP contribution in [-0.2, 0) is 9.59 Å². The van der Waals surface area contributed by atoms with Gasteiger partial charge in [-0.1, -0.05) is 0 Å². The molecule has 4 heteroatoms. The minimum absolute atomic E-state index is 0.